The van der Waals surface area contributed by atoms with Gasteiger partial charge in [0.05, 0.1) is 4.90 Å². The number of nitrogens with zero attached hydrogens (tertiary/aromatic N) is 3. The van der Waals surface area contributed by atoms with E-state index in [9.17, 15) is 22.8 Å². The van der Waals surface area contributed by atoms with E-state index in [0.29, 0.717) is 43.2 Å². The molecule has 0 bridgehead atoms. The number of sulfone groups is 1. The van der Waals surface area contributed by atoms with Gasteiger partial charge in [0.25, 0.3) is 5.91 Å². The van der Waals surface area contributed by atoms with Gasteiger partial charge in [0, 0.05) is 74.1 Å². The molecule has 3 heterocycles. The number of hydrogen-bond acceptors (Lipinski definition) is 10. The molecule has 6 aromatic carbocycles. The van der Waals surface area contributed by atoms with Crippen LogP contribution in [-0.4, -0.2) is 87.6 Å². The van der Waals surface area contributed by atoms with E-state index in [0.717, 1.165) is 82.9 Å². The minimum atomic E-state index is -3.35. The molecule has 0 aromatic heterocycles. The van der Waals surface area contributed by atoms with Crippen LogP contribution < -0.4 is 24.4 Å². The molecule has 12 nitrogen and oxygen atoms in total. The van der Waals surface area contributed by atoms with Gasteiger partial charge >= 0.3 is 0 Å². The number of amides is 3. The first-order valence-electron chi connectivity index (χ1n) is 20.8. The zero-order valence-corrected chi connectivity index (χ0v) is 35.1. The Balaban J connectivity index is 0.816. The molecule has 3 aliphatic rings. The van der Waals surface area contributed by atoms with Crippen molar-refractivity contribution in [2.24, 2.45) is 0 Å². The molecule has 9 rings (SSSR count). The molecule has 1 atom stereocenters. The summed E-state index contributed by atoms with van der Waals surface area (Å²) in [5.41, 5.74) is 5.29. The molecule has 0 saturated carbocycles. The number of nitrogens with one attached hydrogen (secondary N) is 1. The maximum atomic E-state index is 13.1. The highest BCUT2D eigenvalue weighted by molar-refractivity contribution is 7.90. The van der Waals surface area contributed by atoms with Crippen LogP contribution in [0.5, 0.6) is 23.0 Å². The molecule has 1 unspecified atom stereocenters. The second-order valence-corrected chi connectivity index (χ2v) is 17.9. The quantitative estimate of drug-likeness (QED) is 0.119. The highest BCUT2D eigenvalue weighted by Gasteiger charge is 2.39. The SMILES string of the molecule is CS(=O)(=O)c1ccc(-c2ccc3cc(OCc4ccccc4)ccc3c2Oc2ccc(OCCN3CCN(c4ccc5c(c4)CN(C4CCC(=O)NC4=O)C5=O)CC3)cc2)cc1. The van der Waals surface area contributed by atoms with Crippen LogP contribution in [0.1, 0.15) is 34.3 Å². The van der Waals surface area contributed by atoms with E-state index in [-0.39, 0.29) is 23.1 Å². The third-order valence-corrected chi connectivity index (χ3v) is 12.9. The van der Waals surface area contributed by atoms with Gasteiger partial charge in [-0.3, -0.25) is 24.6 Å². The van der Waals surface area contributed by atoms with Gasteiger partial charge in [0.1, 0.15) is 42.3 Å². The number of piperidine rings is 1. The topological polar surface area (TPSA) is 135 Å². The second kappa shape index (κ2) is 17.3. The van der Waals surface area contributed by atoms with Crippen molar-refractivity contribution in [3.8, 4) is 34.1 Å². The Labute approximate surface area is 360 Å². The van der Waals surface area contributed by atoms with E-state index in [1.165, 1.54) is 6.26 Å². The molecule has 6 aromatic rings. The van der Waals surface area contributed by atoms with E-state index in [2.05, 4.69) is 21.2 Å². The van der Waals surface area contributed by atoms with Gasteiger partial charge in [-0.2, -0.15) is 0 Å². The van der Waals surface area contributed by atoms with Crippen molar-refractivity contribution in [3.05, 3.63) is 144 Å². The second-order valence-electron chi connectivity index (χ2n) is 15.9. The normalized spacial score (nSPS) is 16.9. The summed E-state index contributed by atoms with van der Waals surface area (Å²) in [4.78, 5) is 43.8. The molecule has 0 radical (unpaired) electrons. The Bertz CT molecular complexity index is 2750. The molecule has 3 aliphatic heterocycles. The Morgan fingerprint density at radius 2 is 1.45 bits per heavy atom. The number of imide groups is 1. The molecule has 0 aliphatic carbocycles. The number of rotatable bonds is 13. The summed E-state index contributed by atoms with van der Waals surface area (Å²) < 4.78 is 43.3. The summed E-state index contributed by atoms with van der Waals surface area (Å²) in [5, 5.41) is 4.18. The molecular weight excluding hydrogens is 805 g/mol. The summed E-state index contributed by atoms with van der Waals surface area (Å²) in [6.07, 6.45) is 1.78. The number of benzene rings is 6. The number of ether oxygens (including phenoxy) is 3. The lowest BCUT2D eigenvalue weighted by molar-refractivity contribution is -0.136. The minimum Gasteiger partial charge on any atom is -0.492 e. The molecule has 316 valence electrons. The molecule has 2 fully saturated rings. The summed E-state index contributed by atoms with van der Waals surface area (Å²) in [6.45, 7) is 5.47. The Morgan fingerprint density at radius 3 is 2.19 bits per heavy atom. The lowest BCUT2D eigenvalue weighted by Gasteiger charge is -2.36. The Morgan fingerprint density at radius 1 is 0.726 bits per heavy atom. The fraction of sp³-hybridized carbons (Fsp3) is 0.245. The number of carbonyl (C=O) groups excluding carboxylic acids is 3. The van der Waals surface area contributed by atoms with Crippen LogP contribution in [-0.2, 0) is 32.6 Å². The van der Waals surface area contributed by atoms with Crippen LogP contribution in [0.4, 0.5) is 5.69 Å². The maximum Gasteiger partial charge on any atom is 0.255 e. The zero-order valence-electron chi connectivity index (χ0n) is 34.3. The summed E-state index contributed by atoms with van der Waals surface area (Å²) in [5.74, 6) is 1.86. The van der Waals surface area contributed by atoms with Gasteiger partial charge in [-0.05, 0) is 107 Å². The van der Waals surface area contributed by atoms with E-state index < -0.39 is 21.8 Å². The van der Waals surface area contributed by atoms with Gasteiger partial charge in [-0.1, -0.05) is 48.5 Å². The van der Waals surface area contributed by atoms with Crippen LogP contribution in [0.25, 0.3) is 21.9 Å². The number of anilines is 1. The van der Waals surface area contributed by atoms with Crippen LogP contribution in [0.3, 0.4) is 0 Å². The number of carbonyl (C=O) groups is 3. The number of hydrogen-bond donors (Lipinski definition) is 1. The summed E-state index contributed by atoms with van der Waals surface area (Å²) in [7, 11) is -3.35. The van der Waals surface area contributed by atoms with Crippen molar-refractivity contribution in [1.82, 2.24) is 15.1 Å². The molecule has 1 N–H and O–H groups in total. The van der Waals surface area contributed by atoms with Crippen LogP contribution in [0, 0.1) is 0 Å². The van der Waals surface area contributed by atoms with E-state index in [1.807, 2.05) is 97.1 Å². The van der Waals surface area contributed by atoms with Gasteiger partial charge in [-0.25, -0.2) is 8.42 Å². The van der Waals surface area contributed by atoms with E-state index in [1.54, 1.807) is 29.2 Å². The largest absolute Gasteiger partial charge is 0.492 e. The maximum absolute atomic E-state index is 13.1. The lowest BCUT2D eigenvalue weighted by Crippen LogP contribution is -2.52. The molecule has 3 amide bonds. The van der Waals surface area contributed by atoms with Crippen molar-refractivity contribution in [1.29, 1.82) is 0 Å². The average molecular weight is 851 g/mol. The van der Waals surface area contributed by atoms with Gasteiger partial charge in [0.15, 0.2) is 9.84 Å². The van der Waals surface area contributed by atoms with E-state index >= 15 is 0 Å². The van der Waals surface area contributed by atoms with Crippen molar-refractivity contribution in [2.75, 3.05) is 50.5 Å². The van der Waals surface area contributed by atoms with Crippen molar-refractivity contribution in [2.45, 2.75) is 36.9 Å². The predicted octanol–water partition coefficient (Wildman–Crippen LogP) is 7.24. The Kier molecular flexibility index (Phi) is 11.4. The number of fused-ring (bicyclic) bond motifs is 2. The molecule has 0 spiro atoms. The monoisotopic (exact) mass is 850 g/mol. The molecular formula is C49H46N4O8S. The van der Waals surface area contributed by atoms with Crippen LogP contribution in [0.15, 0.2) is 132 Å². The fourth-order valence-electron chi connectivity index (χ4n) is 8.33. The Hall–Kier alpha value is -6.70. The standard InChI is InChI=1S/C49H46N4O8S/c1-62(57,58)41-16-7-34(8-17-41)42-18-9-35-30-40(60-32-33-5-3-2-4-6-33)15-20-43(35)47(42)61-39-13-11-38(12-14-39)59-28-27-51-23-25-52(26-24-51)37-10-19-44-36(29-37)31-53(49(44)56)45-21-22-46(54)50-48(45)55/h2-20,29-30,45H,21-28,31-32H2,1H3,(H,50,54,55). The van der Waals surface area contributed by atoms with Crippen molar-refractivity contribution in [3.63, 3.8) is 0 Å². The smallest absolute Gasteiger partial charge is 0.255 e. The first kappa shape index (κ1) is 40.7. The third kappa shape index (κ3) is 8.86. The lowest BCUT2D eigenvalue weighted by atomic mass is 9.99. The van der Waals surface area contributed by atoms with Gasteiger partial charge < -0.3 is 24.0 Å². The first-order valence-corrected chi connectivity index (χ1v) is 22.6. The highest BCUT2D eigenvalue weighted by atomic mass is 32.2. The zero-order chi connectivity index (χ0) is 42.8. The van der Waals surface area contributed by atoms with Gasteiger partial charge in [-0.15, -0.1) is 0 Å². The highest BCUT2D eigenvalue weighted by Crippen LogP contribution is 2.41. The molecule has 2 saturated heterocycles. The first-order chi connectivity index (χ1) is 30.1. The van der Waals surface area contributed by atoms with Crippen molar-refractivity contribution >= 4 is 44.0 Å². The van der Waals surface area contributed by atoms with Gasteiger partial charge in [0.2, 0.25) is 11.8 Å². The van der Waals surface area contributed by atoms with E-state index in [4.69, 9.17) is 14.2 Å². The molecule has 13 heteroatoms. The average Bonchev–Trinajstić information content (AvgIpc) is 3.61. The van der Waals surface area contributed by atoms with Crippen molar-refractivity contribution < 1.29 is 37.0 Å². The predicted molar refractivity (Wildman–Crippen MR) is 236 cm³/mol. The third-order valence-electron chi connectivity index (χ3n) is 11.7. The van der Waals surface area contributed by atoms with Crippen LogP contribution >= 0.6 is 0 Å². The fourth-order valence-corrected chi connectivity index (χ4v) is 8.96. The summed E-state index contributed by atoms with van der Waals surface area (Å²) >= 11 is 0. The number of piperazine rings is 1. The van der Waals surface area contributed by atoms with Crippen LogP contribution in [0.2, 0.25) is 0 Å². The molecule has 62 heavy (non-hydrogen) atoms. The summed E-state index contributed by atoms with van der Waals surface area (Å²) in [6, 6.07) is 39.6. The minimum absolute atomic E-state index is 0.164.